The molecule has 0 saturated carbocycles. The first-order valence-electron chi connectivity index (χ1n) is 5.86. The Kier molecular flexibility index (Phi) is 4.49. The van der Waals surface area contributed by atoms with Crippen molar-refractivity contribution in [2.45, 2.75) is 32.3 Å². The molecular formula is C12H19N3O3. The summed E-state index contributed by atoms with van der Waals surface area (Å²) in [6.45, 7) is 4.12. The van der Waals surface area contributed by atoms with E-state index in [0.29, 0.717) is 18.7 Å². The zero-order valence-electron chi connectivity index (χ0n) is 10.6. The molecule has 6 nitrogen and oxygen atoms in total. The number of nitrogen functional groups attached to an aromatic ring is 1. The quantitative estimate of drug-likeness (QED) is 0.409. The monoisotopic (exact) mass is 253 g/mol. The number of nitro benzene ring substituents is 1. The van der Waals surface area contributed by atoms with Crippen molar-refractivity contribution in [2.24, 2.45) is 0 Å². The van der Waals surface area contributed by atoms with Crippen LogP contribution in [0.5, 0.6) is 0 Å². The topological polar surface area (TPSA) is 101 Å². The minimum Gasteiger partial charge on any atom is -0.393 e. The molecule has 0 saturated heterocycles. The first-order chi connectivity index (χ1) is 8.35. The average Bonchev–Trinajstić information content (AvgIpc) is 2.26. The fourth-order valence-electron chi connectivity index (χ4n) is 1.75. The summed E-state index contributed by atoms with van der Waals surface area (Å²) in [5.41, 5.74) is 5.44. The fourth-order valence-corrected chi connectivity index (χ4v) is 1.75. The molecule has 0 aliphatic rings. The summed E-state index contributed by atoms with van der Waals surface area (Å²) >= 11 is 0. The van der Waals surface area contributed by atoms with Gasteiger partial charge in [-0.2, -0.15) is 0 Å². The van der Waals surface area contributed by atoms with Gasteiger partial charge in [0, 0.05) is 18.3 Å². The molecule has 18 heavy (non-hydrogen) atoms. The molecule has 0 spiro atoms. The predicted octanol–water partition coefficient (Wildman–Crippen LogP) is 2.14. The van der Waals surface area contributed by atoms with Gasteiger partial charge in [0.2, 0.25) is 0 Å². The van der Waals surface area contributed by atoms with Crippen LogP contribution >= 0.6 is 0 Å². The van der Waals surface area contributed by atoms with E-state index in [2.05, 4.69) is 5.32 Å². The lowest BCUT2D eigenvalue weighted by Gasteiger charge is -2.23. The van der Waals surface area contributed by atoms with E-state index in [1.54, 1.807) is 13.0 Å². The summed E-state index contributed by atoms with van der Waals surface area (Å²) in [5.74, 6) is 0. The van der Waals surface area contributed by atoms with Crippen molar-refractivity contribution in [2.75, 3.05) is 17.6 Å². The fraction of sp³-hybridized carbons (Fsp3) is 0.500. The highest BCUT2D eigenvalue weighted by Crippen LogP contribution is 2.25. The molecule has 0 aromatic heterocycles. The second kappa shape index (κ2) is 5.68. The molecule has 0 aliphatic carbocycles. The van der Waals surface area contributed by atoms with Crippen LogP contribution in [0, 0.1) is 10.1 Å². The van der Waals surface area contributed by atoms with Crippen molar-refractivity contribution in [3.8, 4) is 0 Å². The number of nitrogens with two attached hydrogens (primary N) is 1. The lowest BCUT2D eigenvalue weighted by molar-refractivity contribution is -0.383. The van der Waals surface area contributed by atoms with Crippen LogP contribution in [0.3, 0.4) is 0 Å². The summed E-state index contributed by atoms with van der Waals surface area (Å²) in [6.07, 6.45) is 1.57. The van der Waals surface area contributed by atoms with E-state index in [1.807, 2.05) is 6.92 Å². The second-order valence-electron chi connectivity index (χ2n) is 4.63. The third kappa shape index (κ3) is 3.89. The molecule has 0 bridgehead atoms. The maximum Gasteiger partial charge on any atom is 0.292 e. The van der Waals surface area contributed by atoms with Gasteiger partial charge in [0.05, 0.1) is 10.5 Å². The zero-order valence-corrected chi connectivity index (χ0v) is 10.6. The Bertz CT molecular complexity index is 433. The van der Waals surface area contributed by atoms with E-state index in [0.717, 1.165) is 6.42 Å². The van der Waals surface area contributed by atoms with Gasteiger partial charge in [-0.05, 0) is 25.5 Å². The largest absolute Gasteiger partial charge is 0.393 e. The molecule has 0 amide bonds. The Morgan fingerprint density at radius 2 is 2.22 bits per heavy atom. The van der Waals surface area contributed by atoms with Crippen LogP contribution in [0.2, 0.25) is 0 Å². The maximum atomic E-state index is 10.6. The van der Waals surface area contributed by atoms with Gasteiger partial charge in [-0.1, -0.05) is 13.3 Å². The molecule has 0 heterocycles. The number of rotatable bonds is 6. The Hall–Kier alpha value is -1.82. The number of nitro groups is 1. The molecule has 4 N–H and O–H groups in total. The summed E-state index contributed by atoms with van der Waals surface area (Å²) in [4.78, 5) is 10.1. The maximum absolute atomic E-state index is 10.6. The van der Waals surface area contributed by atoms with E-state index in [-0.39, 0.29) is 11.4 Å². The molecule has 1 aromatic rings. The van der Waals surface area contributed by atoms with Gasteiger partial charge in [-0.3, -0.25) is 10.1 Å². The molecule has 1 unspecified atom stereocenters. The van der Waals surface area contributed by atoms with Gasteiger partial charge in [0.15, 0.2) is 0 Å². The average molecular weight is 253 g/mol. The minimum atomic E-state index is -0.800. The van der Waals surface area contributed by atoms with Crippen molar-refractivity contribution in [1.82, 2.24) is 0 Å². The van der Waals surface area contributed by atoms with Gasteiger partial charge >= 0.3 is 0 Å². The summed E-state index contributed by atoms with van der Waals surface area (Å²) in [7, 11) is 0. The standard InChI is InChI=1S/C12H19N3O3/c1-3-6-12(2,16)8-14-9-4-5-11(15(17)18)10(13)7-9/h4-5,7,14,16H,3,6,8,13H2,1-2H3. The van der Waals surface area contributed by atoms with Crippen molar-refractivity contribution in [1.29, 1.82) is 0 Å². The number of hydrogen-bond donors (Lipinski definition) is 3. The van der Waals surface area contributed by atoms with E-state index < -0.39 is 10.5 Å². The molecular weight excluding hydrogens is 234 g/mol. The number of nitrogens with zero attached hydrogens (tertiary/aromatic N) is 1. The Balaban J connectivity index is 2.70. The zero-order chi connectivity index (χ0) is 13.8. The normalized spacial score (nSPS) is 13.9. The minimum absolute atomic E-state index is 0.110. The first-order valence-corrected chi connectivity index (χ1v) is 5.86. The van der Waals surface area contributed by atoms with Crippen LogP contribution in [0.1, 0.15) is 26.7 Å². The van der Waals surface area contributed by atoms with Crippen LogP contribution in [0.15, 0.2) is 18.2 Å². The molecule has 0 aliphatic heterocycles. The highest BCUT2D eigenvalue weighted by atomic mass is 16.6. The van der Waals surface area contributed by atoms with E-state index >= 15 is 0 Å². The van der Waals surface area contributed by atoms with E-state index in [1.165, 1.54) is 12.1 Å². The molecule has 0 fully saturated rings. The third-order valence-electron chi connectivity index (χ3n) is 2.69. The predicted molar refractivity (Wildman–Crippen MR) is 71.5 cm³/mol. The van der Waals surface area contributed by atoms with E-state index in [9.17, 15) is 15.2 Å². The number of anilines is 2. The Labute approximate surface area is 106 Å². The lowest BCUT2D eigenvalue weighted by Crippen LogP contribution is -2.33. The smallest absolute Gasteiger partial charge is 0.292 e. The third-order valence-corrected chi connectivity index (χ3v) is 2.69. The van der Waals surface area contributed by atoms with Crippen molar-refractivity contribution in [3.05, 3.63) is 28.3 Å². The number of nitrogens with one attached hydrogen (secondary N) is 1. The van der Waals surface area contributed by atoms with Gasteiger partial charge in [-0.15, -0.1) is 0 Å². The van der Waals surface area contributed by atoms with Crippen LogP contribution < -0.4 is 11.1 Å². The van der Waals surface area contributed by atoms with E-state index in [4.69, 9.17) is 5.73 Å². The van der Waals surface area contributed by atoms with Gasteiger partial charge in [0.1, 0.15) is 5.69 Å². The van der Waals surface area contributed by atoms with Crippen LogP contribution in [-0.2, 0) is 0 Å². The SMILES string of the molecule is CCCC(C)(O)CNc1ccc([N+](=O)[O-])c(N)c1. The Morgan fingerprint density at radius 1 is 1.56 bits per heavy atom. The Morgan fingerprint density at radius 3 is 2.72 bits per heavy atom. The number of aliphatic hydroxyl groups is 1. The highest BCUT2D eigenvalue weighted by Gasteiger charge is 2.19. The highest BCUT2D eigenvalue weighted by molar-refractivity contribution is 5.65. The lowest BCUT2D eigenvalue weighted by atomic mass is 10.0. The van der Waals surface area contributed by atoms with Crippen LogP contribution in [0.4, 0.5) is 17.1 Å². The molecule has 1 atom stereocenters. The molecule has 1 aromatic carbocycles. The summed E-state index contributed by atoms with van der Waals surface area (Å²) in [5, 5.41) is 23.6. The van der Waals surface area contributed by atoms with Crippen molar-refractivity contribution >= 4 is 17.1 Å². The molecule has 1 rings (SSSR count). The van der Waals surface area contributed by atoms with Crippen molar-refractivity contribution < 1.29 is 10.0 Å². The first kappa shape index (κ1) is 14.2. The second-order valence-corrected chi connectivity index (χ2v) is 4.63. The number of benzene rings is 1. The van der Waals surface area contributed by atoms with Gasteiger partial charge in [-0.25, -0.2) is 0 Å². The summed E-state index contributed by atoms with van der Waals surface area (Å²) < 4.78 is 0. The van der Waals surface area contributed by atoms with Crippen LogP contribution in [-0.4, -0.2) is 22.2 Å². The summed E-state index contributed by atoms with van der Waals surface area (Å²) in [6, 6.07) is 4.43. The van der Waals surface area contributed by atoms with Gasteiger partial charge < -0.3 is 16.2 Å². The van der Waals surface area contributed by atoms with Crippen molar-refractivity contribution in [3.63, 3.8) is 0 Å². The molecule has 6 heteroatoms. The molecule has 100 valence electrons. The number of hydrogen-bond acceptors (Lipinski definition) is 5. The van der Waals surface area contributed by atoms with Crippen LogP contribution in [0.25, 0.3) is 0 Å². The molecule has 0 radical (unpaired) electrons. The van der Waals surface area contributed by atoms with Gasteiger partial charge in [0.25, 0.3) is 5.69 Å².